The molecule has 130 valence electrons. The molecular formula is C22H15Cl2FN-. The average molecular weight is 383 g/mol. The highest BCUT2D eigenvalue weighted by Crippen LogP contribution is 2.38. The fourth-order valence-corrected chi connectivity index (χ4v) is 3.39. The van der Waals surface area contributed by atoms with Gasteiger partial charge in [-0.2, -0.15) is 0 Å². The SMILES string of the molecule is Cc1c(-c2ccccc2)nc2ccc(Cl)cc2c1-c1ccccc1F.[Cl-]. The second-order valence-corrected chi connectivity index (χ2v) is 6.40. The predicted molar refractivity (Wildman–Crippen MR) is 102 cm³/mol. The standard InChI is InChI=1S/C22H15ClFN.ClH/c1-14-21(17-9-5-6-10-19(17)24)18-13-16(23)11-12-20(18)25-22(14)15-7-3-2-4-8-15;/h2-13H,1H3;1H/p-1. The lowest BCUT2D eigenvalue weighted by Gasteiger charge is -2.16. The Morgan fingerprint density at radius 3 is 2.31 bits per heavy atom. The summed E-state index contributed by atoms with van der Waals surface area (Å²) in [5.41, 5.74) is 5.00. The van der Waals surface area contributed by atoms with Gasteiger partial charge in [-0.05, 0) is 42.3 Å². The first-order chi connectivity index (χ1) is 12.1. The molecule has 0 saturated carbocycles. The Morgan fingerprint density at radius 2 is 1.58 bits per heavy atom. The number of rotatable bonds is 2. The van der Waals surface area contributed by atoms with Gasteiger partial charge in [0, 0.05) is 21.5 Å². The van der Waals surface area contributed by atoms with Gasteiger partial charge in [-0.25, -0.2) is 9.37 Å². The minimum atomic E-state index is -0.253. The van der Waals surface area contributed by atoms with E-state index in [0.717, 1.165) is 33.3 Å². The van der Waals surface area contributed by atoms with Crippen molar-refractivity contribution in [1.29, 1.82) is 0 Å². The Balaban J connectivity index is 0.00000196. The summed E-state index contributed by atoms with van der Waals surface area (Å²) in [6.45, 7) is 1.98. The molecule has 3 aromatic carbocycles. The number of halogens is 3. The first-order valence-electron chi connectivity index (χ1n) is 8.05. The van der Waals surface area contributed by atoms with Crippen molar-refractivity contribution in [2.75, 3.05) is 0 Å². The molecule has 26 heavy (non-hydrogen) atoms. The normalized spacial score (nSPS) is 10.6. The molecule has 0 aliphatic rings. The molecule has 4 heteroatoms. The van der Waals surface area contributed by atoms with Crippen LogP contribution in [0.5, 0.6) is 0 Å². The molecule has 0 aliphatic heterocycles. The van der Waals surface area contributed by atoms with Crippen molar-refractivity contribution in [3.63, 3.8) is 0 Å². The van der Waals surface area contributed by atoms with Crippen LogP contribution in [0.15, 0.2) is 72.8 Å². The molecule has 0 amide bonds. The molecule has 0 unspecified atom stereocenters. The Labute approximate surface area is 162 Å². The molecule has 1 heterocycles. The van der Waals surface area contributed by atoms with Crippen LogP contribution in [0.4, 0.5) is 4.39 Å². The molecule has 4 aromatic rings. The van der Waals surface area contributed by atoms with Crippen LogP contribution in [0.3, 0.4) is 0 Å². The summed E-state index contributed by atoms with van der Waals surface area (Å²) in [6, 6.07) is 22.3. The molecule has 0 fully saturated rings. The zero-order chi connectivity index (χ0) is 17.4. The summed E-state index contributed by atoms with van der Waals surface area (Å²) >= 11 is 6.21. The van der Waals surface area contributed by atoms with Gasteiger partial charge < -0.3 is 12.4 Å². The van der Waals surface area contributed by atoms with Gasteiger partial charge in [0.2, 0.25) is 0 Å². The minimum absolute atomic E-state index is 0. The quantitative estimate of drug-likeness (QED) is 0.515. The molecule has 0 atom stereocenters. The van der Waals surface area contributed by atoms with E-state index in [1.165, 1.54) is 6.07 Å². The van der Waals surface area contributed by atoms with Gasteiger partial charge in [0.05, 0.1) is 11.2 Å². The molecule has 1 aromatic heterocycles. The molecule has 0 spiro atoms. The topological polar surface area (TPSA) is 12.9 Å². The molecular weight excluding hydrogens is 368 g/mol. The maximum Gasteiger partial charge on any atom is 0.131 e. The van der Waals surface area contributed by atoms with Crippen LogP contribution in [-0.4, -0.2) is 4.98 Å². The lowest BCUT2D eigenvalue weighted by molar-refractivity contribution is -0.00000541. The molecule has 0 saturated heterocycles. The molecule has 0 bridgehead atoms. The Morgan fingerprint density at radius 1 is 0.885 bits per heavy atom. The van der Waals surface area contributed by atoms with Crippen molar-refractivity contribution in [1.82, 2.24) is 4.98 Å². The van der Waals surface area contributed by atoms with E-state index in [4.69, 9.17) is 16.6 Å². The number of benzene rings is 3. The fraction of sp³-hybridized carbons (Fsp3) is 0.0455. The third kappa shape index (κ3) is 3.18. The minimum Gasteiger partial charge on any atom is -1.00 e. The second kappa shape index (κ2) is 7.45. The van der Waals surface area contributed by atoms with Crippen molar-refractivity contribution in [2.45, 2.75) is 6.92 Å². The molecule has 0 N–H and O–H groups in total. The highest BCUT2D eigenvalue weighted by molar-refractivity contribution is 6.31. The van der Waals surface area contributed by atoms with E-state index >= 15 is 0 Å². The van der Waals surface area contributed by atoms with Crippen LogP contribution in [-0.2, 0) is 0 Å². The zero-order valence-electron chi connectivity index (χ0n) is 14.0. The van der Waals surface area contributed by atoms with E-state index < -0.39 is 0 Å². The summed E-state index contributed by atoms with van der Waals surface area (Å²) < 4.78 is 14.6. The molecule has 1 nitrogen and oxygen atoms in total. The Bertz CT molecular complexity index is 1080. The van der Waals surface area contributed by atoms with E-state index in [0.29, 0.717) is 10.6 Å². The van der Waals surface area contributed by atoms with Gasteiger partial charge in [-0.3, -0.25) is 0 Å². The maximum atomic E-state index is 14.6. The van der Waals surface area contributed by atoms with Crippen LogP contribution in [0, 0.1) is 12.7 Å². The maximum absolute atomic E-state index is 14.6. The van der Waals surface area contributed by atoms with Crippen LogP contribution < -0.4 is 12.4 Å². The smallest absolute Gasteiger partial charge is 0.131 e. The first kappa shape index (κ1) is 18.4. The van der Waals surface area contributed by atoms with Gasteiger partial charge in [0.1, 0.15) is 5.82 Å². The third-order valence-corrected chi connectivity index (χ3v) is 4.62. The van der Waals surface area contributed by atoms with E-state index in [9.17, 15) is 4.39 Å². The predicted octanol–water partition coefficient (Wildman–Crippen LogP) is 3.67. The highest BCUT2D eigenvalue weighted by Gasteiger charge is 2.17. The summed E-state index contributed by atoms with van der Waals surface area (Å²) in [7, 11) is 0. The van der Waals surface area contributed by atoms with Crippen LogP contribution in [0.25, 0.3) is 33.3 Å². The summed E-state index contributed by atoms with van der Waals surface area (Å²) in [5, 5.41) is 1.47. The second-order valence-electron chi connectivity index (χ2n) is 5.97. The number of nitrogens with zero attached hydrogens (tertiary/aromatic N) is 1. The van der Waals surface area contributed by atoms with Crippen LogP contribution in [0.1, 0.15) is 5.56 Å². The van der Waals surface area contributed by atoms with Gasteiger partial charge in [0.15, 0.2) is 0 Å². The number of hydrogen-bond donors (Lipinski definition) is 0. The zero-order valence-corrected chi connectivity index (χ0v) is 15.5. The Kier molecular flexibility index (Phi) is 5.26. The Hall–Kier alpha value is -2.42. The van der Waals surface area contributed by atoms with Crippen molar-refractivity contribution < 1.29 is 16.8 Å². The van der Waals surface area contributed by atoms with Gasteiger partial charge in [-0.15, -0.1) is 0 Å². The number of hydrogen-bond acceptors (Lipinski definition) is 1. The van der Waals surface area contributed by atoms with Gasteiger partial charge in [-0.1, -0.05) is 60.1 Å². The van der Waals surface area contributed by atoms with Crippen LogP contribution in [0.2, 0.25) is 5.02 Å². The lowest BCUT2D eigenvalue weighted by atomic mass is 9.92. The number of fused-ring (bicyclic) bond motifs is 1. The largest absolute Gasteiger partial charge is 1.00 e. The summed E-state index contributed by atoms with van der Waals surface area (Å²) in [4.78, 5) is 4.82. The first-order valence-corrected chi connectivity index (χ1v) is 8.43. The van der Waals surface area contributed by atoms with E-state index in [1.807, 2.05) is 61.5 Å². The third-order valence-electron chi connectivity index (χ3n) is 4.38. The van der Waals surface area contributed by atoms with E-state index in [2.05, 4.69) is 0 Å². The van der Waals surface area contributed by atoms with E-state index in [-0.39, 0.29) is 18.2 Å². The number of pyridine rings is 1. The monoisotopic (exact) mass is 382 g/mol. The van der Waals surface area contributed by atoms with Gasteiger partial charge >= 0.3 is 0 Å². The summed E-state index contributed by atoms with van der Waals surface area (Å²) in [5.74, 6) is -0.253. The number of aromatic nitrogens is 1. The van der Waals surface area contributed by atoms with Crippen molar-refractivity contribution in [3.05, 3.63) is 89.2 Å². The highest BCUT2D eigenvalue weighted by atomic mass is 35.5. The van der Waals surface area contributed by atoms with E-state index in [1.54, 1.807) is 12.1 Å². The average Bonchev–Trinajstić information content (AvgIpc) is 2.63. The van der Waals surface area contributed by atoms with Crippen molar-refractivity contribution in [2.24, 2.45) is 0 Å². The molecule has 4 rings (SSSR count). The molecule has 0 aliphatic carbocycles. The summed E-state index contributed by atoms with van der Waals surface area (Å²) in [6.07, 6.45) is 0. The van der Waals surface area contributed by atoms with Crippen molar-refractivity contribution >= 4 is 22.5 Å². The molecule has 0 radical (unpaired) electrons. The lowest BCUT2D eigenvalue weighted by Crippen LogP contribution is -3.00. The fourth-order valence-electron chi connectivity index (χ4n) is 3.22. The van der Waals surface area contributed by atoms with Gasteiger partial charge in [0.25, 0.3) is 0 Å². The van der Waals surface area contributed by atoms with Crippen molar-refractivity contribution in [3.8, 4) is 22.4 Å². The van der Waals surface area contributed by atoms with Crippen LogP contribution >= 0.6 is 11.6 Å².